The van der Waals surface area contributed by atoms with Gasteiger partial charge in [-0.15, -0.1) is 13.2 Å². The fraction of sp³-hybridized carbons (Fsp3) is 0.462. The Morgan fingerprint density at radius 1 is 1.32 bits per heavy atom. The van der Waals surface area contributed by atoms with Crippen LogP contribution in [0.1, 0.15) is 0 Å². The van der Waals surface area contributed by atoms with Crippen LogP contribution in [0.2, 0.25) is 0 Å². The van der Waals surface area contributed by atoms with Gasteiger partial charge in [0.25, 0.3) is 5.91 Å². The fourth-order valence-corrected chi connectivity index (χ4v) is 2.20. The molecule has 0 aromatic heterocycles. The van der Waals surface area contributed by atoms with E-state index in [1.165, 1.54) is 6.07 Å². The van der Waals surface area contributed by atoms with E-state index >= 15 is 0 Å². The van der Waals surface area contributed by atoms with E-state index in [0.717, 1.165) is 12.1 Å². The number of alkyl halides is 3. The number of nitrogens with zero attached hydrogens (tertiary/aromatic N) is 1. The van der Waals surface area contributed by atoms with Crippen molar-refractivity contribution in [1.82, 2.24) is 4.90 Å². The molecular formula is C13H13BrF3NO4. The quantitative estimate of drug-likeness (QED) is 0.801. The van der Waals surface area contributed by atoms with Crippen LogP contribution in [0.3, 0.4) is 0 Å². The van der Waals surface area contributed by atoms with Crippen molar-refractivity contribution >= 4 is 21.8 Å². The molecule has 122 valence electrons. The highest BCUT2D eigenvalue weighted by atomic mass is 79.9. The Hall–Kier alpha value is -1.48. The Balaban J connectivity index is 1.96. The van der Waals surface area contributed by atoms with Crippen molar-refractivity contribution in [1.29, 1.82) is 0 Å². The molecule has 5 nitrogen and oxygen atoms in total. The topological polar surface area (TPSA) is 48.0 Å². The third kappa shape index (κ3) is 5.06. The molecular weight excluding hydrogens is 371 g/mol. The van der Waals surface area contributed by atoms with Crippen LogP contribution in [-0.2, 0) is 9.53 Å². The standard InChI is InChI=1S/C13H13BrF3NO4/c14-10-2-1-9(22-13(15,16)17)7-11(10)21-8-12(19)18-3-5-20-6-4-18/h1-2,7H,3-6,8H2. The van der Waals surface area contributed by atoms with Crippen LogP contribution in [0.5, 0.6) is 11.5 Å². The molecule has 1 aromatic rings. The lowest BCUT2D eigenvalue weighted by molar-refractivity contribution is -0.274. The van der Waals surface area contributed by atoms with Gasteiger partial charge < -0.3 is 19.1 Å². The van der Waals surface area contributed by atoms with Crippen LogP contribution in [0.4, 0.5) is 13.2 Å². The third-order valence-electron chi connectivity index (χ3n) is 2.85. The number of hydrogen-bond acceptors (Lipinski definition) is 4. The summed E-state index contributed by atoms with van der Waals surface area (Å²) in [5, 5.41) is 0. The highest BCUT2D eigenvalue weighted by Crippen LogP contribution is 2.32. The third-order valence-corrected chi connectivity index (χ3v) is 3.51. The number of carbonyl (C=O) groups is 1. The molecule has 0 unspecified atom stereocenters. The van der Waals surface area contributed by atoms with Gasteiger partial charge in [-0.3, -0.25) is 4.79 Å². The van der Waals surface area contributed by atoms with Gasteiger partial charge in [0.05, 0.1) is 17.7 Å². The Labute approximate surface area is 133 Å². The summed E-state index contributed by atoms with van der Waals surface area (Å²) in [5.74, 6) is -0.565. The molecule has 0 radical (unpaired) electrons. The van der Waals surface area contributed by atoms with E-state index in [2.05, 4.69) is 20.7 Å². The number of benzene rings is 1. The predicted molar refractivity (Wildman–Crippen MR) is 73.7 cm³/mol. The number of morpholine rings is 1. The van der Waals surface area contributed by atoms with Crippen LogP contribution in [0.15, 0.2) is 22.7 Å². The van der Waals surface area contributed by atoms with E-state index < -0.39 is 12.1 Å². The molecule has 0 spiro atoms. The van der Waals surface area contributed by atoms with Gasteiger partial charge in [0, 0.05) is 19.2 Å². The summed E-state index contributed by atoms with van der Waals surface area (Å²) in [7, 11) is 0. The number of hydrogen-bond donors (Lipinski definition) is 0. The van der Waals surface area contributed by atoms with Gasteiger partial charge in [-0.1, -0.05) is 0 Å². The Bertz CT molecular complexity index is 533. The Kier molecular flexibility index (Phi) is 5.52. The molecule has 1 aromatic carbocycles. The van der Waals surface area contributed by atoms with E-state index in [1.54, 1.807) is 4.90 Å². The first-order valence-corrected chi connectivity index (χ1v) is 7.18. The highest BCUT2D eigenvalue weighted by Gasteiger charge is 2.31. The molecule has 1 amide bonds. The molecule has 22 heavy (non-hydrogen) atoms. The lowest BCUT2D eigenvalue weighted by Gasteiger charge is -2.26. The maximum atomic E-state index is 12.2. The summed E-state index contributed by atoms with van der Waals surface area (Å²) < 4.78 is 51.2. The van der Waals surface area contributed by atoms with Crippen molar-refractivity contribution in [2.45, 2.75) is 6.36 Å². The van der Waals surface area contributed by atoms with Gasteiger partial charge in [-0.2, -0.15) is 0 Å². The van der Waals surface area contributed by atoms with E-state index in [-0.39, 0.29) is 18.3 Å². The van der Waals surface area contributed by atoms with Gasteiger partial charge in [-0.25, -0.2) is 0 Å². The van der Waals surface area contributed by atoms with Gasteiger partial charge >= 0.3 is 6.36 Å². The van der Waals surface area contributed by atoms with Crippen molar-refractivity contribution in [3.63, 3.8) is 0 Å². The molecule has 0 bridgehead atoms. The second kappa shape index (κ2) is 7.19. The lowest BCUT2D eigenvalue weighted by Crippen LogP contribution is -2.43. The molecule has 0 aliphatic carbocycles. The van der Waals surface area contributed by atoms with E-state index in [4.69, 9.17) is 9.47 Å². The second-order valence-corrected chi connectivity index (χ2v) is 5.28. The van der Waals surface area contributed by atoms with Gasteiger partial charge in [0.1, 0.15) is 11.5 Å². The Morgan fingerprint density at radius 3 is 2.64 bits per heavy atom. The van der Waals surface area contributed by atoms with Crippen LogP contribution >= 0.6 is 15.9 Å². The normalized spacial score (nSPS) is 15.5. The summed E-state index contributed by atoms with van der Waals surface area (Å²) >= 11 is 3.15. The molecule has 9 heteroatoms. The summed E-state index contributed by atoms with van der Waals surface area (Å²) in [6.07, 6.45) is -4.78. The number of carbonyl (C=O) groups excluding carboxylic acids is 1. The minimum absolute atomic E-state index is 0.100. The molecule has 0 saturated carbocycles. The van der Waals surface area contributed by atoms with Gasteiger partial charge in [0.2, 0.25) is 0 Å². The summed E-state index contributed by atoms with van der Waals surface area (Å²) in [4.78, 5) is 13.5. The van der Waals surface area contributed by atoms with Crippen molar-refractivity contribution < 1.29 is 32.2 Å². The van der Waals surface area contributed by atoms with E-state index in [0.29, 0.717) is 30.8 Å². The minimum Gasteiger partial charge on any atom is -0.482 e. The first-order valence-electron chi connectivity index (χ1n) is 6.39. The van der Waals surface area contributed by atoms with Gasteiger partial charge in [-0.05, 0) is 28.1 Å². The van der Waals surface area contributed by atoms with Crippen LogP contribution in [0, 0.1) is 0 Å². The average molecular weight is 384 g/mol. The zero-order valence-corrected chi connectivity index (χ0v) is 12.9. The van der Waals surface area contributed by atoms with Crippen LogP contribution in [0.25, 0.3) is 0 Å². The van der Waals surface area contributed by atoms with Crippen molar-refractivity contribution in [3.05, 3.63) is 22.7 Å². The van der Waals surface area contributed by atoms with E-state index in [1.807, 2.05) is 0 Å². The first kappa shape index (κ1) is 16.9. The summed E-state index contributed by atoms with van der Waals surface area (Å²) in [6, 6.07) is 3.58. The largest absolute Gasteiger partial charge is 0.573 e. The number of rotatable bonds is 4. The van der Waals surface area contributed by atoms with Crippen molar-refractivity contribution in [2.24, 2.45) is 0 Å². The number of halogens is 4. The molecule has 1 heterocycles. The number of ether oxygens (including phenoxy) is 3. The predicted octanol–water partition coefficient (Wildman–Crippen LogP) is 2.59. The lowest BCUT2D eigenvalue weighted by atomic mass is 10.3. The maximum Gasteiger partial charge on any atom is 0.573 e. The molecule has 1 aliphatic heterocycles. The smallest absolute Gasteiger partial charge is 0.482 e. The molecule has 0 atom stereocenters. The maximum absolute atomic E-state index is 12.2. The van der Waals surface area contributed by atoms with Crippen molar-refractivity contribution in [3.8, 4) is 11.5 Å². The van der Waals surface area contributed by atoms with E-state index in [9.17, 15) is 18.0 Å². The zero-order valence-electron chi connectivity index (χ0n) is 11.4. The number of amides is 1. The van der Waals surface area contributed by atoms with Crippen molar-refractivity contribution in [2.75, 3.05) is 32.9 Å². The van der Waals surface area contributed by atoms with Crippen LogP contribution < -0.4 is 9.47 Å². The molecule has 1 aliphatic rings. The summed E-state index contributed by atoms with van der Waals surface area (Å²) in [5.41, 5.74) is 0. The van der Waals surface area contributed by atoms with Gasteiger partial charge in [0.15, 0.2) is 6.61 Å². The molecule has 0 N–H and O–H groups in total. The fourth-order valence-electron chi connectivity index (χ4n) is 1.83. The minimum atomic E-state index is -4.78. The summed E-state index contributed by atoms with van der Waals surface area (Å²) in [6.45, 7) is 1.60. The first-order chi connectivity index (χ1) is 10.3. The average Bonchev–Trinajstić information content (AvgIpc) is 2.47. The monoisotopic (exact) mass is 383 g/mol. The SMILES string of the molecule is O=C(COc1cc(OC(F)(F)F)ccc1Br)N1CCOCC1. The molecule has 1 saturated heterocycles. The molecule has 1 fully saturated rings. The zero-order chi connectivity index (χ0) is 16.2. The highest BCUT2D eigenvalue weighted by molar-refractivity contribution is 9.10. The Morgan fingerprint density at radius 2 is 2.00 bits per heavy atom. The van der Waals surface area contributed by atoms with Crippen LogP contribution in [-0.4, -0.2) is 50.1 Å². The second-order valence-electron chi connectivity index (χ2n) is 4.42. The molecule has 2 rings (SSSR count).